The zero-order chi connectivity index (χ0) is 13.5. The van der Waals surface area contributed by atoms with Crippen molar-refractivity contribution >= 4 is 11.9 Å². The average Bonchev–Trinajstić information content (AvgIpc) is 2.62. The van der Waals surface area contributed by atoms with Crippen LogP contribution in [-0.4, -0.2) is 70.4 Å². The van der Waals surface area contributed by atoms with E-state index >= 15 is 0 Å². The predicted molar refractivity (Wildman–Crippen MR) is 56.6 cm³/mol. The van der Waals surface area contributed by atoms with E-state index in [0.717, 1.165) is 0 Å². The third-order valence-corrected chi connectivity index (χ3v) is 3.14. The molecule has 2 unspecified atom stereocenters. The maximum atomic E-state index is 14.6. The fraction of sp³-hybridized carbons (Fsp3) is 0.778. The number of urea groups is 1. The van der Waals surface area contributed by atoms with Crippen molar-refractivity contribution in [3.05, 3.63) is 0 Å². The number of ether oxygens (including phenoxy) is 1. The second kappa shape index (κ2) is 4.43. The molecule has 1 saturated heterocycles. The molecule has 8 nitrogen and oxygen atoms in total. The number of amidine groups is 1. The van der Waals surface area contributed by atoms with E-state index in [0.29, 0.717) is 0 Å². The molecule has 2 heterocycles. The number of nitrogens with two attached hydrogens (primary N) is 1. The molecule has 0 saturated carbocycles. The maximum absolute atomic E-state index is 14.6. The molecule has 0 aromatic rings. The predicted octanol–water partition coefficient (Wildman–Crippen LogP) is -2.74. The Labute approximate surface area is 101 Å². The first-order valence-electron chi connectivity index (χ1n) is 5.34. The number of nitrogens with zero attached hydrogens (tertiary/aromatic N) is 1. The van der Waals surface area contributed by atoms with Crippen LogP contribution in [0.1, 0.15) is 0 Å². The first kappa shape index (κ1) is 13.1. The first-order valence-corrected chi connectivity index (χ1v) is 5.34. The minimum atomic E-state index is -2.42. The Bertz CT molecular complexity index is 392. The normalized spacial score (nSPS) is 44.7. The summed E-state index contributed by atoms with van der Waals surface area (Å²) in [6.45, 7) is -1.10. The fourth-order valence-corrected chi connectivity index (χ4v) is 2.06. The van der Waals surface area contributed by atoms with Crippen LogP contribution in [0.3, 0.4) is 0 Å². The zero-order valence-electron chi connectivity index (χ0n) is 9.28. The zero-order valence-corrected chi connectivity index (χ0v) is 9.28. The van der Waals surface area contributed by atoms with Gasteiger partial charge in [-0.2, -0.15) is 4.99 Å². The molecule has 0 spiro atoms. The second-order valence-electron chi connectivity index (χ2n) is 4.28. The van der Waals surface area contributed by atoms with Crippen molar-refractivity contribution in [2.75, 3.05) is 13.2 Å². The average molecular weight is 263 g/mol. The van der Waals surface area contributed by atoms with Gasteiger partial charge < -0.3 is 31.1 Å². The standard InChI is InChI=1S/C9H14FN3O5/c10-9(2-12-8(17)13-7(9)11)6-5(16)4(15)3(1-14)18-6/h3-6,14-16H,1-2H2,(H3,11,12,13,17)/t3-,4-,5+,6?,9?/m1/s1. The van der Waals surface area contributed by atoms with E-state index in [1.807, 2.05) is 0 Å². The Kier molecular flexibility index (Phi) is 3.23. The van der Waals surface area contributed by atoms with Crippen LogP contribution in [0.4, 0.5) is 9.18 Å². The summed E-state index contributed by atoms with van der Waals surface area (Å²) in [4.78, 5) is 14.1. The smallest absolute Gasteiger partial charge is 0.342 e. The summed E-state index contributed by atoms with van der Waals surface area (Å²) in [6.07, 6.45) is -5.62. The lowest BCUT2D eigenvalue weighted by molar-refractivity contribution is -0.0690. The number of nitrogens with one attached hydrogen (secondary N) is 1. The number of carbonyl (C=O) groups is 1. The topological polar surface area (TPSA) is 137 Å². The minimum absolute atomic E-state index is 0.520. The molecule has 102 valence electrons. The molecule has 1 fully saturated rings. The molecule has 0 aromatic heterocycles. The van der Waals surface area contributed by atoms with Gasteiger partial charge in [-0.05, 0) is 0 Å². The number of hydrogen-bond donors (Lipinski definition) is 5. The van der Waals surface area contributed by atoms with E-state index < -0.39 is 55.1 Å². The summed E-state index contributed by atoms with van der Waals surface area (Å²) in [6, 6.07) is -0.785. The number of carbonyl (C=O) groups excluding carboxylic acids is 1. The monoisotopic (exact) mass is 263 g/mol. The summed E-state index contributed by atoms with van der Waals surface area (Å²) in [7, 11) is 0. The lowest BCUT2D eigenvalue weighted by atomic mass is 9.91. The van der Waals surface area contributed by atoms with Crippen LogP contribution >= 0.6 is 0 Å². The minimum Gasteiger partial charge on any atom is -0.394 e. The van der Waals surface area contributed by atoms with Gasteiger partial charge in [0.15, 0.2) is 0 Å². The van der Waals surface area contributed by atoms with Gasteiger partial charge in [-0.15, -0.1) is 0 Å². The van der Waals surface area contributed by atoms with Crippen LogP contribution in [0.2, 0.25) is 0 Å². The van der Waals surface area contributed by atoms with E-state index in [1.54, 1.807) is 0 Å². The third kappa shape index (κ3) is 1.85. The van der Waals surface area contributed by atoms with Gasteiger partial charge in [-0.1, -0.05) is 0 Å². The number of aliphatic hydroxyl groups excluding tert-OH is 3. The fourth-order valence-electron chi connectivity index (χ4n) is 2.06. The van der Waals surface area contributed by atoms with E-state index in [2.05, 4.69) is 10.3 Å². The number of aliphatic hydroxyl groups is 3. The van der Waals surface area contributed by atoms with Crippen molar-refractivity contribution < 1.29 is 29.2 Å². The van der Waals surface area contributed by atoms with Crippen LogP contribution in [0, 0.1) is 0 Å². The van der Waals surface area contributed by atoms with Crippen LogP contribution in [-0.2, 0) is 4.74 Å². The quantitative estimate of drug-likeness (QED) is 0.366. The summed E-state index contributed by atoms with van der Waals surface area (Å²) < 4.78 is 19.7. The van der Waals surface area contributed by atoms with Crippen molar-refractivity contribution in [3.63, 3.8) is 0 Å². The van der Waals surface area contributed by atoms with Gasteiger partial charge >= 0.3 is 6.03 Å². The van der Waals surface area contributed by atoms with Crippen molar-refractivity contribution in [1.82, 2.24) is 5.32 Å². The molecule has 18 heavy (non-hydrogen) atoms. The summed E-state index contributed by atoms with van der Waals surface area (Å²) >= 11 is 0. The van der Waals surface area contributed by atoms with E-state index in [-0.39, 0.29) is 0 Å². The van der Waals surface area contributed by atoms with Crippen LogP contribution in [0.25, 0.3) is 0 Å². The summed E-state index contributed by atoms with van der Waals surface area (Å²) in [5.74, 6) is -0.624. The Morgan fingerprint density at radius 1 is 1.56 bits per heavy atom. The molecular formula is C9H14FN3O5. The van der Waals surface area contributed by atoms with Crippen molar-refractivity contribution in [1.29, 1.82) is 0 Å². The summed E-state index contributed by atoms with van der Waals surface area (Å²) in [5.41, 5.74) is 2.94. The van der Waals surface area contributed by atoms with E-state index in [4.69, 9.17) is 15.6 Å². The lowest BCUT2D eigenvalue weighted by Crippen LogP contribution is -2.62. The van der Waals surface area contributed by atoms with Crippen molar-refractivity contribution in [3.8, 4) is 0 Å². The molecule has 2 aliphatic heterocycles. The molecule has 0 radical (unpaired) electrons. The SMILES string of the molecule is NC1=NC(=O)NCC1(F)C1O[C@H](CO)[C@@H](O)[C@@H]1O. The Morgan fingerprint density at radius 3 is 2.72 bits per heavy atom. The number of amides is 2. The number of hydrogen-bond acceptors (Lipinski definition) is 6. The highest BCUT2D eigenvalue weighted by atomic mass is 19.1. The number of alkyl halides is 1. The first-order chi connectivity index (χ1) is 8.40. The Balaban J connectivity index is 2.26. The molecule has 5 atom stereocenters. The van der Waals surface area contributed by atoms with Gasteiger partial charge in [0.1, 0.15) is 30.3 Å². The molecule has 0 aromatic carbocycles. The Hall–Kier alpha value is -1.29. The highest BCUT2D eigenvalue weighted by molar-refractivity contribution is 6.01. The second-order valence-corrected chi connectivity index (χ2v) is 4.28. The van der Waals surface area contributed by atoms with Crippen molar-refractivity contribution in [2.45, 2.75) is 30.1 Å². The van der Waals surface area contributed by atoms with Crippen LogP contribution in [0.5, 0.6) is 0 Å². The van der Waals surface area contributed by atoms with E-state index in [9.17, 15) is 19.4 Å². The number of halogens is 1. The van der Waals surface area contributed by atoms with Crippen LogP contribution in [0.15, 0.2) is 4.99 Å². The maximum Gasteiger partial charge on any atom is 0.342 e. The lowest BCUT2D eigenvalue weighted by Gasteiger charge is -2.34. The van der Waals surface area contributed by atoms with Gasteiger partial charge in [-0.3, -0.25) is 0 Å². The van der Waals surface area contributed by atoms with Gasteiger partial charge in [0.2, 0.25) is 5.67 Å². The van der Waals surface area contributed by atoms with E-state index in [1.165, 1.54) is 0 Å². The van der Waals surface area contributed by atoms with Gasteiger partial charge in [0.05, 0.1) is 13.2 Å². The van der Waals surface area contributed by atoms with Gasteiger partial charge in [0, 0.05) is 0 Å². The molecule has 2 amide bonds. The molecule has 2 aliphatic rings. The van der Waals surface area contributed by atoms with Gasteiger partial charge in [-0.25, -0.2) is 9.18 Å². The Morgan fingerprint density at radius 2 is 2.22 bits per heavy atom. The molecule has 0 bridgehead atoms. The van der Waals surface area contributed by atoms with Crippen LogP contribution < -0.4 is 11.1 Å². The van der Waals surface area contributed by atoms with Crippen molar-refractivity contribution in [2.24, 2.45) is 10.7 Å². The molecule has 2 rings (SSSR count). The summed E-state index contributed by atoms with van der Waals surface area (Å²) in [5, 5.41) is 30.3. The third-order valence-electron chi connectivity index (χ3n) is 3.14. The molecule has 0 aliphatic carbocycles. The number of aliphatic imine (C=N–C) groups is 1. The molecule has 9 heteroatoms. The highest BCUT2D eigenvalue weighted by Gasteiger charge is 2.57. The molecule has 6 N–H and O–H groups in total. The molecular weight excluding hydrogens is 249 g/mol. The van der Waals surface area contributed by atoms with Gasteiger partial charge in [0.25, 0.3) is 0 Å². The highest BCUT2D eigenvalue weighted by Crippen LogP contribution is 2.32. The number of rotatable bonds is 2. The largest absolute Gasteiger partial charge is 0.394 e.